The van der Waals surface area contributed by atoms with Crippen molar-refractivity contribution < 1.29 is 4.52 Å². The Morgan fingerprint density at radius 2 is 2.42 bits per heavy atom. The van der Waals surface area contributed by atoms with E-state index in [2.05, 4.69) is 10.0 Å². The van der Waals surface area contributed by atoms with Crippen molar-refractivity contribution in [2.45, 2.75) is 19.8 Å². The lowest BCUT2D eigenvalue weighted by Crippen LogP contribution is -1.92. The van der Waals surface area contributed by atoms with Crippen LogP contribution in [0.2, 0.25) is 5.22 Å². The standard InChI is InChI=1S/C8H9ClN2O/c1-3-7-6(4-5-10-2)8(9)12-11-7/h3-5H2,1H3. The summed E-state index contributed by atoms with van der Waals surface area (Å²) in [7, 11) is 0. The molecule has 0 N–H and O–H groups in total. The van der Waals surface area contributed by atoms with Crippen molar-refractivity contribution in [3.63, 3.8) is 0 Å². The van der Waals surface area contributed by atoms with Crippen molar-refractivity contribution in [3.05, 3.63) is 27.9 Å². The summed E-state index contributed by atoms with van der Waals surface area (Å²) in [5, 5.41) is 4.11. The van der Waals surface area contributed by atoms with E-state index in [1.54, 1.807) is 0 Å². The van der Waals surface area contributed by atoms with E-state index in [9.17, 15) is 0 Å². The predicted molar refractivity (Wildman–Crippen MR) is 46.1 cm³/mol. The van der Waals surface area contributed by atoms with E-state index in [0.29, 0.717) is 18.2 Å². The molecule has 0 saturated heterocycles. The van der Waals surface area contributed by atoms with Crippen LogP contribution >= 0.6 is 11.6 Å². The van der Waals surface area contributed by atoms with E-state index in [4.69, 9.17) is 22.7 Å². The molecule has 0 radical (unpaired) electrons. The molecule has 1 heterocycles. The van der Waals surface area contributed by atoms with Crippen molar-refractivity contribution in [1.82, 2.24) is 5.16 Å². The molecule has 0 unspecified atom stereocenters. The van der Waals surface area contributed by atoms with Crippen LogP contribution in [0.15, 0.2) is 4.52 Å². The van der Waals surface area contributed by atoms with E-state index in [0.717, 1.165) is 17.7 Å². The van der Waals surface area contributed by atoms with Gasteiger partial charge in [-0.2, -0.15) is 0 Å². The molecule has 64 valence electrons. The van der Waals surface area contributed by atoms with Gasteiger partial charge in [-0.1, -0.05) is 12.1 Å². The summed E-state index contributed by atoms with van der Waals surface area (Å²) in [6.07, 6.45) is 1.43. The van der Waals surface area contributed by atoms with E-state index in [1.807, 2.05) is 6.92 Å². The fourth-order valence-electron chi connectivity index (χ4n) is 1.01. The molecule has 0 fully saturated rings. The fourth-order valence-corrected chi connectivity index (χ4v) is 1.25. The molecule has 0 aliphatic heterocycles. The minimum Gasteiger partial charge on any atom is -0.344 e. The smallest absolute Gasteiger partial charge is 0.229 e. The summed E-state index contributed by atoms with van der Waals surface area (Å²) in [6.45, 7) is 9.05. The van der Waals surface area contributed by atoms with Crippen LogP contribution < -0.4 is 0 Å². The van der Waals surface area contributed by atoms with Gasteiger partial charge in [0, 0.05) is 5.56 Å². The fraction of sp³-hybridized carbons (Fsp3) is 0.500. The summed E-state index contributed by atoms with van der Waals surface area (Å²) in [5.41, 5.74) is 1.75. The van der Waals surface area contributed by atoms with Crippen LogP contribution in [0.3, 0.4) is 0 Å². The summed E-state index contributed by atoms with van der Waals surface area (Å²) >= 11 is 5.73. The largest absolute Gasteiger partial charge is 0.344 e. The highest BCUT2D eigenvalue weighted by Crippen LogP contribution is 2.20. The molecule has 0 spiro atoms. The second kappa shape index (κ2) is 4.13. The van der Waals surface area contributed by atoms with Crippen LogP contribution in [0.25, 0.3) is 4.85 Å². The Bertz CT molecular complexity index is 300. The molecule has 1 aromatic heterocycles. The number of hydrogen-bond acceptors (Lipinski definition) is 2. The average Bonchev–Trinajstić information content (AvgIpc) is 2.43. The topological polar surface area (TPSA) is 30.4 Å². The molecule has 1 rings (SSSR count). The highest BCUT2D eigenvalue weighted by Gasteiger charge is 2.12. The molecule has 0 amide bonds. The first-order chi connectivity index (χ1) is 5.79. The summed E-state index contributed by atoms with van der Waals surface area (Å²) < 4.78 is 4.80. The van der Waals surface area contributed by atoms with Crippen molar-refractivity contribution in [3.8, 4) is 0 Å². The van der Waals surface area contributed by atoms with Gasteiger partial charge in [0.05, 0.1) is 12.1 Å². The second-order valence-electron chi connectivity index (χ2n) is 2.37. The maximum Gasteiger partial charge on any atom is 0.229 e. The first-order valence-corrected chi connectivity index (χ1v) is 4.13. The lowest BCUT2D eigenvalue weighted by atomic mass is 10.1. The molecular weight excluding hydrogens is 176 g/mol. The van der Waals surface area contributed by atoms with Gasteiger partial charge < -0.3 is 9.37 Å². The quantitative estimate of drug-likeness (QED) is 0.676. The van der Waals surface area contributed by atoms with Crippen LogP contribution in [0.4, 0.5) is 0 Å². The van der Waals surface area contributed by atoms with Crippen LogP contribution in [-0.4, -0.2) is 11.7 Å². The van der Waals surface area contributed by atoms with Crippen LogP contribution in [0.5, 0.6) is 0 Å². The van der Waals surface area contributed by atoms with Crippen LogP contribution in [0, 0.1) is 6.57 Å². The minimum atomic E-state index is 0.329. The Balaban J connectivity index is 2.81. The number of nitrogens with zero attached hydrogens (tertiary/aromatic N) is 2. The number of hydrogen-bond donors (Lipinski definition) is 0. The third-order valence-electron chi connectivity index (χ3n) is 1.63. The van der Waals surface area contributed by atoms with E-state index >= 15 is 0 Å². The zero-order valence-corrected chi connectivity index (χ0v) is 7.56. The van der Waals surface area contributed by atoms with Gasteiger partial charge in [0.1, 0.15) is 0 Å². The second-order valence-corrected chi connectivity index (χ2v) is 2.71. The highest BCUT2D eigenvalue weighted by atomic mass is 35.5. The van der Waals surface area contributed by atoms with Crippen molar-refractivity contribution in [2.75, 3.05) is 6.54 Å². The van der Waals surface area contributed by atoms with E-state index in [1.165, 1.54) is 0 Å². The van der Waals surface area contributed by atoms with Crippen LogP contribution in [0.1, 0.15) is 18.2 Å². The number of rotatable bonds is 3. The van der Waals surface area contributed by atoms with Crippen molar-refractivity contribution in [1.29, 1.82) is 0 Å². The Morgan fingerprint density at radius 3 is 3.00 bits per heavy atom. The normalized spacial score (nSPS) is 9.75. The Hall–Kier alpha value is -1.01. The Morgan fingerprint density at radius 1 is 1.67 bits per heavy atom. The minimum absolute atomic E-state index is 0.329. The predicted octanol–water partition coefficient (Wildman–Crippen LogP) is 2.35. The van der Waals surface area contributed by atoms with Crippen LogP contribution in [-0.2, 0) is 12.8 Å². The zero-order chi connectivity index (χ0) is 8.97. The SMILES string of the molecule is [C-]#[N+]CCc1c(CC)noc1Cl. The van der Waals surface area contributed by atoms with Crippen molar-refractivity contribution in [2.24, 2.45) is 0 Å². The third kappa shape index (κ3) is 1.77. The lowest BCUT2D eigenvalue weighted by Gasteiger charge is -1.91. The first kappa shape index (κ1) is 9.08. The summed E-state index contributed by atoms with van der Waals surface area (Å²) in [4.78, 5) is 3.25. The maximum atomic E-state index is 6.63. The molecule has 3 nitrogen and oxygen atoms in total. The molecule has 0 aromatic carbocycles. The van der Waals surface area contributed by atoms with Gasteiger partial charge in [-0.15, -0.1) is 0 Å². The maximum absolute atomic E-state index is 6.63. The lowest BCUT2D eigenvalue weighted by molar-refractivity contribution is 0.414. The van der Waals surface area contributed by atoms with Gasteiger partial charge in [0.25, 0.3) is 0 Å². The molecule has 4 heteroatoms. The molecular formula is C8H9ClN2O. The summed E-state index contributed by atoms with van der Waals surface area (Å²) in [6, 6.07) is 0. The highest BCUT2D eigenvalue weighted by molar-refractivity contribution is 6.29. The molecule has 0 bridgehead atoms. The van der Waals surface area contributed by atoms with Gasteiger partial charge in [0.15, 0.2) is 0 Å². The molecule has 0 atom stereocenters. The molecule has 0 saturated carbocycles. The number of aryl methyl sites for hydroxylation is 1. The molecule has 1 aromatic rings. The van der Waals surface area contributed by atoms with Gasteiger partial charge in [-0.05, 0) is 18.0 Å². The van der Waals surface area contributed by atoms with E-state index < -0.39 is 0 Å². The van der Waals surface area contributed by atoms with Crippen molar-refractivity contribution >= 4 is 11.6 Å². The number of halogens is 1. The van der Waals surface area contributed by atoms with Gasteiger partial charge in [-0.3, -0.25) is 0 Å². The molecule has 12 heavy (non-hydrogen) atoms. The van der Waals surface area contributed by atoms with Gasteiger partial charge in [-0.25, -0.2) is 6.57 Å². The first-order valence-electron chi connectivity index (χ1n) is 3.75. The Kier molecular flexibility index (Phi) is 3.12. The average molecular weight is 185 g/mol. The zero-order valence-electron chi connectivity index (χ0n) is 6.80. The van der Waals surface area contributed by atoms with Gasteiger partial charge in [0.2, 0.25) is 11.8 Å². The summed E-state index contributed by atoms with van der Waals surface area (Å²) in [5.74, 6) is 0. The monoisotopic (exact) mass is 184 g/mol. The Labute approximate surface area is 76.1 Å². The van der Waals surface area contributed by atoms with E-state index in [-0.39, 0.29) is 0 Å². The molecule has 0 aliphatic rings. The van der Waals surface area contributed by atoms with Gasteiger partial charge >= 0.3 is 0 Å². The number of aromatic nitrogens is 1. The molecule has 0 aliphatic carbocycles. The third-order valence-corrected chi connectivity index (χ3v) is 1.93.